The Morgan fingerprint density at radius 1 is 0.788 bits per heavy atom. The summed E-state index contributed by atoms with van der Waals surface area (Å²) in [6, 6.07) is 22.6. The van der Waals surface area contributed by atoms with Crippen molar-refractivity contribution in [2.75, 3.05) is 26.2 Å². The first-order chi connectivity index (χ1) is 15.5. The van der Waals surface area contributed by atoms with Crippen LogP contribution in [0.1, 0.15) is 18.0 Å². The van der Waals surface area contributed by atoms with E-state index in [2.05, 4.69) is 5.32 Å². The molecule has 0 unspecified atom stereocenters. The van der Waals surface area contributed by atoms with Crippen LogP contribution in [0.3, 0.4) is 0 Å². The molecule has 176 valence electrons. The van der Waals surface area contributed by atoms with Gasteiger partial charge in [-0.3, -0.25) is 4.90 Å². The van der Waals surface area contributed by atoms with Crippen LogP contribution in [0.4, 0.5) is 13.2 Å². The summed E-state index contributed by atoms with van der Waals surface area (Å²) < 4.78 is 52.4. The molecule has 0 saturated carbocycles. The normalized spacial score (nSPS) is 15.4. The van der Waals surface area contributed by atoms with Gasteiger partial charge < -0.3 is 14.8 Å². The van der Waals surface area contributed by atoms with E-state index in [1.54, 1.807) is 30.3 Å². The molecule has 8 heteroatoms. The summed E-state index contributed by atoms with van der Waals surface area (Å²) in [4.78, 5) is 1.88. The van der Waals surface area contributed by atoms with Gasteiger partial charge >= 0.3 is 6.18 Å². The second-order valence-electron chi connectivity index (χ2n) is 7.66. The number of nitrogens with one attached hydrogen (secondary N) is 1. The lowest BCUT2D eigenvalue weighted by atomic mass is 10.00. The predicted molar refractivity (Wildman–Crippen MR) is 125 cm³/mol. The van der Waals surface area contributed by atoms with E-state index in [0.717, 1.165) is 0 Å². The van der Waals surface area contributed by atoms with Crippen LogP contribution < -0.4 is 14.8 Å². The molecule has 3 aromatic rings. The fourth-order valence-corrected chi connectivity index (χ4v) is 3.80. The van der Waals surface area contributed by atoms with E-state index in [4.69, 9.17) is 9.47 Å². The van der Waals surface area contributed by atoms with E-state index >= 15 is 0 Å². The van der Waals surface area contributed by atoms with Crippen molar-refractivity contribution in [3.63, 3.8) is 0 Å². The Labute approximate surface area is 197 Å². The van der Waals surface area contributed by atoms with Crippen molar-refractivity contribution >= 4 is 12.4 Å². The molecule has 0 spiro atoms. The van der Waals surface area contributed by atoms with Crippen molar-refractivity contribution in [1.82, 2.24) is 10.2 Å². The maximum Gasteiger partial charge on any atom is 0.390 e. The van der Waals surface area contributed by atoms with Gasteiger partial charge in [-0.15, -0.1) is 12.4 Å². The van der Waals surface area contributed by atoms with Crippen LogP contribution in [-0.4, -0.2) is 37.3 Å². The third-order valence-electron chi connectivity index (χ3n) is 5.31. The highest BCUT2D eigenvalue weighted by molar-refractivity contribution is 5.85. The van der Waals surface area contributed by atoms with Gasteiger partial charge in [-0.1, -0.05) is 42.5 Å². The Morgan fingerprint density at radius 2 is 1.33 bits per heavy atom. The molecular weight excluding hydrogens is 453 g/mol. The van der Waals surface area contributed by atoms with Crippen LogP contribution in [0.5, 0.6) is 23.0 Å². The number of benzene rings is 3. The zero-order valence-corrected chi connectivity index (χ0v) is 18.7. The third-order valence-corrected chi connectivity index (χ3v) is 5.31. The third kappa shape index (κ3) is 7.12. The van der Waals surface area contributed by atoms with Crippen LogP contribution in [0.25, 0.3) is 0 Å². The minimum absolute atomic E-state index is 0. The number of hydrogen-bond donors (Lipinski definition) is 1. The molecule has 0 amide bonds. The summed E-state index contributed by atoms with van der Waals surface area (Å²) in [5.41, 5.74) is 0.551. The lowest BCUT2D eigenvalue weighted by Crippen LogP contribution is -2.46. The Balaban J connectivity index is 0.00000306. The molecular formula is C25H26ClF3N2O2. The molecule has 1 atom stereocenters. The van der Waals surface area contributed by atoms with Crippen LogP contribution >= 0.6 is 12.4 Å². The lowest BCUT2D eigenvalue weighted by Gasteiger charge is -2.36. The molecule has 1 aliphatic heterocycles. The first-order valence-electron chi connectivity index (χ1n) is 10.6. The molecule has 0 bridgehead atoms. The number of ether oxygens (including phenoxy) is 2. The number of hydrogen-bond acceptors (Lipinski definition) is 4. The highest BCUT2D eigenvalue weighted by Crippen LogP contribution is 2.40. The number of para-hydroxylation sites is 2. The Bertz CT molecular complexity index is 998. The predicted octanol–water partition coefficient (Wildman–Crippen LogP) is 6.59. The molecule has 0 aromatic heterocycles. The van der Waals surface area contributed by atoms with Gasteiger partial charge in [0.2, 0.25) is 0 Å². The van der Waals surface area contributed by atoms with E-state index in [9.17, 15) is 13.2 Å². The lowest BCUT2D eigenvalue weighted by molar-refractivity contribution is -0.148. The van der Waals surface area contributed by atoms with Crippen molar-refractivity contribution in [2.24, 2.45) is 0 Å². The van der Waals surface area contributed by atoms with Crippen molar-refractivity contribution < 1.29 is 22.6 Å². The maximum absolute atomic E-state index is 13.5. The Hall–Kier alpha value is -2.74. The van der Waals surface area contributed by atoms with E-state index in [1.165, 1.54) is 0 Å². The zero-order chi connectivity index (χ0) is 22.4. The van der Waals surface area contributed by atoms with Gasteiger partial charge in [0.05, 0.1) is 6.42 Å². The van der Waals surface area contributed by atoms with Gasteiger partial charge in [0.25, 0.3) is 0 Å². The minimum Gasteiger partial charge on any atom is -0.453 e. The molecule has 1 N–H and O–H groups in total. The SMILES string of the molecule is Cl.FC(F)(F)C[C@@H](c1ccc(Oc2ccccc2)c(Oc2ccccc2)c1)N1CCNCC1. The van der Waals surface area contributed by atoms with Crippen molar-refractivity contribution in [3.05, 3.63) is 84.4 Å². The summed E-state index contributed by atoms with van der Waals surface area (Å²) in [6.07, 6.45) is -5.20. The number of alkyl halides is 3. The van der Waals surface area contributed by atoms with Crippen molar-refractivity contribution in [1.29, 1.82) is 0 Å². The summed E-state index contributed by atoms with van der Waals surface area (Å²) in [5.74, 6) is 2.01. The van der Waals surface area contributed by atoms with Crippen molar-refractivity contribution in [3.8, 4) is 23.0 Å². The molecule has 1 saturated heterocycles. The van der Waals surface area contributed by atoms with Crippen LogP contribution in [0.15, 0.2) is 78.9 Å². The van der Waals surface area contributed by atoms with E-state index < -0.39 is 18.6 Å². The zero-order valence-electron chi connectivity index (χ0n) is 17.9. The number of nitrogens with zero attached hydrogens (tertiary/aromatic N) is 1. The Morgan fingerprint density at radius 3 is 1.88 bits per heavy atom. The van der Waals surface area contributed by atoms with Gasteiger partial charge in [-0.2, -0.15) is 13.2 Å². The standard InChI is InChI=1S/C25H25F3N2O2.ClH/c26-25(27,28)18-22(30-15-13-29-14-16-30)19-11-12-23(31-20-7-3-1-4-8-20)24(17-19)32-21-9-5-2-6-10-21;/h1-12,17,22,29H,13-16,18H2;1H/t22-;/m0./s1. The second kappa shape index (κ2) is 11.4. The monoisotopic (exact) mass is 478 g/mol. The van der Waals surface area contributed by atoms with Crippen molar-refractivity contribution in [2.45, 2.75) is 18.6 Å². The van der Waals surface area contributed by atoms with E-state index in [1.807, 2.05) is 53.4 Å². The van der Waals surface area contributed by atoms with Gasteiger partial charge in [0.1, 0.15) is 11.5 Å². The summed E-state index contributed by atoms with van der Waals surface area (Å²) >= 11 is 0. The van der Waals surface area contributed by atoms with Gasteiger partial charge in [-0.05, 0) is 42.0 Å². The highest BCUT2D eigenvalue weighted by Gasteiger charge is 2.36. The molecule has 0 radical (unpaired) electrons. The topological polar surface area (TPSA) is 33.7 Å². The fourth-order valence-electron chi connectivity index (χ4n) is 3.80. The smallest absolute Gasteiger partial charge is 0.390 e. The summed E-state index contributed by atoms with van der Waals surface area (Å²) in [6.45, 7) is 2.43. The quantitative estimate of drug-likeness (QED) is 0.415. The van der Waals surface area contributed by atoms with E-state index in [-0.39, 0.29) is 12.4 Å². The molecule has 0 aliphatic carbocycles. The summed E-state index contributed by atoms with van der Waals surface area (Å²) in [5, 5.41) is 3.20. The molecule has 1 heterocycles. The van der Waals surface area contributed by atoms with Gasteiger partial charge in [0, 0.05) is 32.2 Å². The van der Waals surface area contributed by atoms with Crippen LogP contribution in [0, 0.1) is 0 Å². The number of piperazine rings is 1. The second-order valence-corrected chi connectivity index (χ2v) is 7.66. The van der Waals surface area contributed by atoms with E-state index in [0.29, 0.717) is 54.7 Å². The summed E-state index contributed by atoms with van der Waals surface area (Å²) in [7, 11) is 0. The number of rotatable bonds is 7. The highest BCUT2D eigenvalue weighted by atomic mass is 35.5. The average molecular weight is 479 g/mol. The first kappa shape index (κ1) is 24.9. The minimum atomic E-state index is -4.28. The molecule has 4 nitrogen and oxygen atoms in total. The average Bonchev–Trinajstić information content (AvgIpc) is 2.80. The molecule has 33 heavy (non-hydrogen) atoms. The van der Waals surface area contributed by atoms with Gasteiger partial charge in [0.15, 0.2) is 11.5 Å². The first-order valence-corrected chi connectivity index (χ1v) is 10.6. The van der Waals surface area contributed by atoms with Crippen LogP contribution in [0.2, 0.25) is 0 Å². The van der Waals surface area contributed by atoms with Gasteiger partial charge in [-0.25, -0.2) is 0 Å². The largest absolute Gasteiger partial charge is 0.453 e. The fraction of sp³-hybridized carbons (Fsp3) is 0.280. The molecule has 4 rings (SSSR count). The Kier molecular flexibility index (Phi) is 8.61. The van der Waals surface area contributed by atoms with Crippen LogP contribution in [-0.2, 0) is 0 Å². The molecule has 1 fully saturated rings. The maximum atomic E-state index is 13.5. The number of halogens is 4. The molecule has 1 aliphatic rings. The molecule has 3 aromatic carbocycles.